The molecule has 0 radical (unpaired) electrons. The van der Waals surface area contributed by atoms with Gasteiger partial charge in [0.15, 0.2) is 0 Å². The maximum absolute atomic E-state index is 13.0. The highest BCUT2D eigenvalue weighted by Gasteiger charge is 2.12. The summed E-state index contributed by atoms with van der Waals surface area (Å²) in [6.07, 6.45) is 1.94. The molecule has 0 aliphatic rings. The minimum absolute atomic E-state index is 0.0265. The van der Waals surface area contributed by atoms with Gasteiger partial charge in [0.05, 0.1) is 23.3 Å². The van der Waals surface area contributed by atoms with Crippen LogP contribution in [-0.4, -0.2) is 22.0 Å². The van der Waals surface area contributed by atoms with Gasteiger partial charge in [-0.3, -0.25) is 14.9 Å². The molecular weight excluding hydrogens is 395 g/mol. The van der Waals surface area contributed by atoms with Crippen LogP contribution in [0.2, 0.25) is 0 Å². The van der Waals surface area contributed by atoms with Gasteiger partial charge in [-0.25, -0.2) is 14.8 Å². The number of nitrogens with one attached hydrogen (secondary N) is 1. The molecule has 2 aromatic carbocycles. The van der Waals surface area contributed by atoms with Crippen LogP contribution >= 0.6 is 11.3 Å². The Morgan fingerprint density at radius 2 is 2.07 bits per heavy atom. The lowest BCUT2D eigenvalue weighted by Gasteiger charge is -2.01. The number of nitrogens with zero attached hydrogens (tertiary/aromatic N) is 3. The fraction of sp³-hybridized carbons (Fsp3) is 0.150. The van der Waals surface area contributed by atoms with Gasteiger partial charge in [0.2, 0.25) is 5.91 Å². The lowest BCUT2D eigenvalue weighted by Crippen LogP contribution is -2.19. The Morgan fingerprint density at radius 3 is 2.76 bits per heavy atom. The van der Waals surface area contributed by atoms with E-state index in [1.54, 1.807) is 29.6 Å². The number of aromatic nitrogens is 1. The van der Waals surface area contributed by atoms with Crippen molar-refractivity contribution in [3.05, 3.63) is 80.6 Å². The van der Waals surface area contributed by atoms with E-state index in [-0.39, 0.29) is 23.8 Å². The summed E-state index contributed by atoms with van der Waals surface area (Å²) in [4.78, 5) is 27.1. The van der Waals surface area contributed by atoms with Gasteiger partial charge < -0.3 is 0 Å². The van der Waals surface area contributed by atoms with E-state index in [0.717, 1.165) is 5.56 Å². The third kappa shape index (κ3) is 5.29. The Kier molecular flexibility index (Phi) is 6.40. The first-order valence-corrected chi connectivity index (χ1v) is 9.63. The number of thiazole rings is 1. The lowest BCUT2D eigenvalue weighted by molar-refractivity contribution is -0.385. The van der Waals surface area contributed by atoms with Crippen LogP contribution in [0.3, 0.4) is 0 Å². The molecule has 29 heavy (non-hydrogen) atoms. The van der Waals surface area contributed by atoms with E-state index in [1.165, 1.54) is 35.8 Å². The largest absolute Gasteiger partial charge is 0.273 e. The topological polar surface area (TPSA) is 97.5 Å². The van der Waals surface area contributed by atoms with Crippen LogP contribution in [0, 0.1) is 15.9 Å². The molecule has 3 rings (SSSR count). The molecule has 1 aromatic heterocycles. The van der Waals surface area contributed by atoms with Gasteiger partial charge in [-0.05, 0) is 30.7 Å². The maximum atomic E-state index is 13.0. The number of carbonyl (C=O) groups is 1. The number of rotatable bonds is 7. The molecule has 1 amide bonds. The first-order valence-electron chi connectivity index (χ1n) is 8.76. The molecule has 148 valence electrons. The van der Waals surface area contributed by atoms with Crippen LogP contribution in [0.1, 0.15) is 23.7 Å². The first-order chi connectivity index (χ1) is 14.0. The molecule has 1 N–H and O–H groups in total. The Morgan fingerprint density at radius 1 is 1.31 bits per heavy atom. The minimum atomic E-state index is -0.435. The molecule has 1 heterocycles. The number of aryl methyl sites for hydroxylation is 1. The highest BCUT2D eigenvalue weighted by molar-refractivity contribution is 7.13. The second-order valence-electron chi connectivity index (χ2n) is 6.12. The van der Waals surface area contributed by atoms with Crippen molar-refractivity contribution in [2.45, 2.75) is 19.8 Å². The van der Waals surface area contributed by atoms with Crippen molar-refractivity contribution in [1.29, 1.82) is 0 Å². The molecule has 0 fully saturated rings. The van der Waals surface area contributed by atoms with Crippen molar-refractivity contribution in [3.8, 4) is 10.6 Å². The Hall–Kier alpha value is -3.46. The molecule has 0 aliphatic heterocycles. The summed E-state index contributed by atoms with van der Waals surface area (Å²) in [7, 11) is 0. The van der Waals surface area contributed by atoms with Gasteiger partial charge in [0.1, 0.15) is 10.8 Å². The number of carbonyl (C=O) groups excluding carboxylic acids is 1. The van der Waals surface area contributed by atoms with Crippen LogP contribution in [0.4, 0.5) is 10.1 Å². The summed E-state index contributed by atoms with van der Waals surface area (Å²) in [5.74, 6) is -0.686. The van der Waals surface area contributed by atoms with Gasteiger partial charge in [-0.15, -0.1) is 11.3 Å². The van der Waals surface area contributed by atoms with E-state index in [1.807, 2.05) is 6.92 Å². The molecule has 0 saturated heterocycles. The van der Waals surface area contributed by atoms with Crippen molar-refractivity contribution in [1.82, 2.24) is 10.4 Å². The summed E-state index contributed by atoms with van der Waals surface area (Å²) in [6, 6.07) is 10.8. The molecule has 0 bridgehead atoms. The molecule has 0 spiro atoms. The van der Waals surface area contributed by atoms with Crippen molar-refractivity contribution in [2.24, 2.45) is 5.10 Å². The molecule has 9 heteroatoms. The van der Waals surface area contributed by atoms with Gasteiger partial charge in [0.25, 0.3) is 5.69 Å². The van der Waals surface area contributed by atoms with Gasteiger partial charge in [-0.1, -0.05) is 19.1 Å². The van der Waals surface area contributed by atoms with E-state index in [2.05, 4.69) is 15.5 Å². The lowest BCUT2D eigenvalue weighted by atomic mass is 10.1. The van der Waals surface area contributed by atoms with E-state index in [9.17, 15) is 19.3 Å². The summed E-state index contributed by atoms with van der Waals surface area (Å²) in [6.45, 7) is 1.84. The Balaban J connectivity index is 1.60. The minimum Gasteiger partial charge on any atom is -0.273 e. The van der Waals surface area contributed by atoms with Crippen LogP contribution in [-0.2, 0) is 17.6 Å². The number of hydrogen-bond donors (Lipinski definition) is 1. The predicted molar refractivity (Wildman–Crippen MR) is 109 cm³/mol. The summed E-state index contributed by atoms with van der Waals surface area (Å²) >= 11 is 1.36. The fourth-order valence-electron chi connectivity index (χ4n) is 2.63. The summed E-state index contributed by atoms with van der Waals surface area (Å²) in [5, 5.41) is 17.4. The van der Waals surface area contributed by atoms with Gasteiger partial charge in [0, 0.05) is 28.1 Å². The summed E-state index contributed by atoms with van der Waals surface area (Å²) < 4.78 is 13.0. The monoisotopic (exact) mass is 412 g/mol. The van der Waals surface area contributed by atoms with Crippen molar-refractivity contribution in [2.75, 3.05) is 0 Å². The average Bonchev–Trinajstić information content (AvgIpc) is 3.16. The zero-order valence-electron chi connectivity index (χ0n) is 15.5. The van der Waals surface area contributed by atoms with Gasteiger partial charge >= 0.3 is 0 Å². The SMILES string of the molecule is CCc1ccc(/C=N\NC(=O)Cc2csc(-c3ccc(F)cc3)n2)cc1[N+](=O)[O-]. The first kappa shape index (κ1) is 20.3. The molecule has 3 aromatic rings. The number of nitro groups is 1. The third-order valence-electron chi connectivity index (χ3n) is 4.07. The standard InChI is InChI=1S/C20H17FN4O3S/c1-2-14-4-3-13(9-18(14)25(27)28)11-22-24-19(26)10-17-12-29-20(23-17)15-5-7-16(21)8-6-15/h3-9,11-12H,2,10H2,1H3,(H,24,26)/b22-11-. The Labute approximate surface area is 170 Å². The van der Waals surface area contributed by atoms with Crippen LogP contribution in [0.15, 0.2) is 52.9 Å². The quantitative estimate of drug-likeness (QED) is 0.359. The predicted octanol–water partition coefficient (Wildman–Crippen LogP) is 4.11. The van der Waals surface area contributed by atoms with Crippen LogP contribution in [0.5, 0.6) is 0 Å². The molecular formula is C20H17FN4O3S. The van der Waals surface area contributed by atoms with E-state index < -0.39 is 4.92 Å². The zero-order valence-corrected chi connectivity index (χ0v) is 16.3. The molecule has 7 nitrogen and oxygen atoms in total. The highest BCUT2D eigenvalue weighted by Crippen LogP contribution is 2.24. The second-order valence-corrected chi connectivity index (χ2v) is 6.98. The van der Waals surface area contributed by atoms with Gasteiger partial charge in [-0.2, -0.15) is 5.10 Å². The van der Waals surface area contributed by atoms with E-state index in [4.69, 9.17) is 0 Å². The number of benzene rings is 2. The van der Waals surface area contributed by atoms with Crippen LogP contribution < -0.4 is 5.43 Å². The number of halogens is 1. The maximum Gasteiger partial charge on any atom is 0.273 e. The van der Waals surface area contributed by atoms with Crippen molar-refractivity contribution in [3.63, 3.8) is 0 Å². The third-order valence-corrected chi connectivity index (χ3v) is 5.01. The van der Waals surface area contributed by atoms with E-state index in [0.29, 0.717) is 28.2 Å². The van der Waals surface area contributed by atoms with Crippen molar-refractivity contribution < 1.29 is 14.1 Å². The highest BCUT2D eigenvalue weighted by atomic mass is 32.1. The number of nitro benzene ring substituents is 1. The van der Waals surface area contributed by atoms with E-state index >= 15 is 0 Å². The average molecular weight is 412 g/mol. The van der Waals surface area contributed by atoms with Crippen molar-refractivity contribution >= 4 is 29.1 Å². The molecule has 0 unspecified atom stereocenters. The number of hydrogen-bond acceptors (Lipinski definition) is 6. The fourth-order valence-corrected chi connectivity index (χ4v) is 3.45. The molecule has 0 saturated carbocycles. The van der Waals surface area contributed by atoms with Crippen LogP contribution in [0.25, 0.3) is 10.6 Å². The smallest absolute Gasteiger partial charge is 0.273 e. The second kappa shape index (κ2) is 9.16. The summed E-state index contributed by atoms with van der Waals surface area (Å²) in [5.41, 5.74) is 4.92. The zero-order chi connectivity index (χ0) is 20.8. The normalized spacial score (nSPS) is 11.0. The Bertz CT molecular complexity index is 1060. The number of amides is 1. The number of hydrazone groups is 1. The molecule has 0 atom stereocenters. The molecule has 0 aliphatic carbocycles.